The number of benzene rings is 1. The first kappa shape index (κ1) is 17.2. The van der Waals surface area contributed by atoms with E-state index in [4.69, 9.17) is 33.4 Å². The van der Waals surface area contributed by atoms with Crippen LogP contribution in [0.2, 0.25) is 10.0 Å². The maximum absolute atomic E-state index is 12.0. The van der Waals surface area contributed by atoms with Crippen LogP contribution in [0.25, 0.3) is 0 Å². The molecule has 0 fully saturated rings. The molecule has 1 aromatic carbocycles. The number of halogens is 2. The van der Waals surface area contributed by atoms with E-state index in [0.717, 1.165) is 6.07 Å². The molecule has 0 aliphatic rings. The van der Waals surface area contributed by atoms with Gasteiger partial charge in [0.1, 0.15) is 4.90 Å². The van der Waals surface area contributed by atoms with Gasteiger partial charge in [-0.15, -0.1) is 0 Å². The molecule has 1 rings (SSSR count). The first-order valence-electron chi connectivity index (χ1n) is 5.63. The third kappa shape index (κ3) is 4.07. The van der Waals surface area contributed by atoms with Gasteiger partial charge in [-0.2, -0.15) is 0 Å². The normalized spacial score (nSPS) is 11.6. The van der Waals surface area contributed by atoms with Crippen molar-refractivity contribution in [2.45, 2.75) is 17.7 Å². The van der Waals surface area contributed by atoms with Crippen LogP contribution >= 0.6 is 23.2 Å². The second kappa shape index (κ2) is 7.24. The molecule has 0 radical (unpaired) electrons. The van der Waals surface area contributed by atoms with Crippen molar-refractivity contribution in [1.29, 1.82) is 0 Å². The standard InChI is InChI=1S/C11H13Cl2NO5S/c12-7-3-4-8(10(13)9(7)11(16)17)20(18,19)14-5-1-2-6-15/h3-4,14-15H,1-2,5-6H2,(H,16,17). The Labute approximate surface area is 126 Å². The quantitative estimate of drug-likeness (QED) is 0.655. The fourth-order valence-corrected chi connectivity index (χ4v) is 3.45. The maximum Gasteiger partial charge on any atom is 0.338 e. The van der Waals surface area contributed by atoms with E-state index in [1.54, 1.807) is 0 Å². The van der Waals surface area contributed by atoms with Gasteiger partial charge in [0.25, 0.3) is 0 Å². The number of nitrogens with one attached hydrogen (secondary N) is 1. The van der Waals surface area contributed by atoms with Crippen LogP contribution in [0, 0.1) is 0 Å². The summed E-state index contributed by atoms with van der Waals surface area (Å²) in [5.41, 5.74) is -0.452. The van der Waals surface area contributed by atoms with Gasteiger partial charge < -0.3 is 10.2 Å². The van der Waals surface area contributed by atoms with Crippen LogP contribution in [-0.4, -0.2) is 37.8 Å². The first-order valence-corrected chi connectivity index (χ1v) is 7.87. The fourth-order valence-electron chi connectivity index (χ4n) is 1.46. The molecule has 0 aromatic heterocycles. The lowest BCUT2D eigenvalue weighted by Gasteiger charge is -2.10. The molecular formula is C11H13Cl2NO5S. The lowest BCUT2D eigenvalue weighted by Crippen LogP contribution is -2.25. The van der Waals surface area contributed by atoms with E-state index < -0.39 is 26.6 Å². The van der Waals surface area contributed by atoms with Gasteiger partial charge in [0, 0.05) is 13.2 Å². The molecule has 0 amide bonds. The van der Waals surface area contributed by atoms with Crippen LogP contribution in [0.5, 0.6) is 0 Å². The highest BCUT2D eigenvalue weighted by Crippen LogP contribution is 2.30. The van der Waals surface area contributed by atoms with Gasteiger partial charge in [0.2, 0.25) is 10.0 Å². The van der Waals surface area contributed by atoms with Gasteiger partial charge in [0.05, 0.1) is 15.6 Å². The van der Waals surface area contributed by atoms with E-state index in [1.165, 1.54) is 6.07 Å². The molecule has 9 heteroatoms. The van der Waals surface area contributed by atoms with E-state index in [1.807, 2.05) is 0 Å². The van der Waals surface area contributed by atoms with Crippen molar-refractivity contribution in [1.82, 2.24) is 4.72 Å². The summed E-state index contributed by atoms with van der Waals surface area (Å²) >= 11 is 11.5. The third-order valence-electron chi connectivity index (χ3n) is 2.44. The molecular weight excluding hydrogens is 329 g/mol. The zero-order valence-corrected chi connectivity index (χ0v) is 12.6. The Balaban J connectivity index is 3.07. The molecule has 0 heterocycles. The van der Waals surface area contributed by atoms with Crippen molar-refractivity contribution in [3.63, 3.8) is 0 Å². The summed E-state index contributed by atoms with van der Waals surface area (Å²) < 4.78 is 26.3. The topological polar surface area (TPSA) is 104 Å². The summed E-state index contributed by atoms with van der Waals surface area (Å²) in [6.07, 6.45) is 0.907. The summed E-state index contributed by atoms with van der Waals surface area (Å²) in [7, 11) is -3.93. The van der Waals surface area contributed by atoms with Crippen LogP contribution < -0.4 is 4.72 Å². The highest BCUT2D eigenvalue weighted by atomic mass is 35.5. The Morgan fingerprint density at radius 2 is 1.90 bits per heavy atom. The molecule has 0 spiro atoms. The Bertz CT molecular complexity index is 603. The van der Waals surface area contributed by atoms with Gasteiger partial charge in [-0.05, 0) is 25.0 Å². The molecule has 3 N–H and O–H groups in total. The van der Waals surface area contributed by atoms with Gasteiger partial charge in [-0.1, -0.05) is 23.2 Å². The largest absolute Gasteiger partial charge is 0.478 e. The highest BCUT2D eigenvalue weighted by Gasteiger charge is 2.24. The average Bonchev–Trinajstić information content (AvgIpc) is 2.34. The van der Waals surface area contributed by atoms with Crippen molar-refractivity contribution >= 4 is 39.2 Å². The van der Waals surface area contributed by atoms with E-state index in [9.17, 15) is 13.2 Å². The van der Waals surface area contributed by atoms with Crippen molar-refractivity contribution in [3.8, 4) is 0 Å². The molecule has 0 bridgehead atoms. The molecule has 0 aliphatic heterocycles. The SMILES string of the molecule is O=C(O)c1c(Cl)ccc(S(=O)(=O)NCCCCO)c1Cl. The molecule has 0 unspecified atom stereocenters. The predicted molar refractivity (Wildman–Crippen MR) is 74.9 cm³/mol. The van der Waals surface area contributed by atoms with Crippen LogP contribution in [-0.2, 0) is 10.0 Å². The van der Waals surface area contributed by atoms with Crippen LogP contribution in [0.15, 0.2) is 17.0 Å². The number of rotatable bonds is 7. The Hall–Kier alpha value is -0.860. The number of carbonyl (C=O) groups is 1. The third-order valence-corrected chi connectivity index (χ3v) is 4.76. The molecule has 6 nitrogen and oxygen atoms in total. The summed E-state index contributed by atoms with van der Waals surface area (Å²) in [6, 6.07) is 2.31. The van der Waals surface area contributed by atoms with E-state index in [-0.39, 0.29) is 23.1 Å². The van der Waals surface area contributed by atoms with E-state index in [2.05, 4.69) is 4.72 Å². The molecule has 0 atom stereocenters. The predicted octanol–water partition coefficient (Wildman–Crippen LogP) is 1.74. The first-order chi connectivity index (χ1) is 9.31. The molecule has 0 aliphatic carbocycles. The lowest BCUT2D eigenvalue weighted by molar-refractivity contribution is 0.0697. The minimum absolute atomic E-state index is 0.0351. The minimum atomic E-state index is -3.93. The fraction of sp³-hybridized carbons (Fsp3) is 0.364. The lowest BCUT2D eigenvalue weighted by atomic mass is 10.2. The summed E-state index contributed by atoms with van der Waals surface area (Å²) in [5, 5.41) is 17.0. The van der Waals surface area contributed by atoms with Gasteiger partial charge in [0.15, 0.2) is 0 Å². The molecule has 112 valence electrons. The number of aliphatic hydroxyl groups excluding tert-OH is 1. The van der Waals surface area contributed by atoms with Crippen LogP contribution in [0.1, 0.15) is 23.2 Å². The van der Waals surface area contributed by atoms with E-state index in [0.29, 0.717) is 12.8 Å². The molecule has 0 saturated heterocycles. The smallest absolute Gasteiger partial charge is 0.338 e. The maximum atomic E-state index is 12.0. The zero-order valence-electron chi connectivity index (χ0n) is 10.3. The number of aliphatic hydroxyl groups is 1. The van der Waals surface area contributed by atoms with Gasteiger partial charge >= 0.3 is 5.97 Å². The van der Waals surface area contributed by atoms with Crippen LogP contribution in [0.4, 0.5) is 0 Å². The Morgan fingerprint density at radius 3 is 2.45 bits per heavy atom. The number of carboxylic acids is 1. The van der Waals surface area contributed by atoms with Gasteiger partial charge in [-0.3, -0.25) is 0 Å². The summed E-state index contributed by atoms with van der Waals surface area (Å²) in [4.78, 5) is 10.7. The zero-order chi connectivity index (χ0) is 15.3. The number of aromatic carboxylic acids is 1. The Morgan fingerprint density at radius 1 is 1.25 bits per heavy atom. The average molecular weight is 342 g/mol. The van der Waals surface area contributed by atoms with Gasteiger partial charge in [-0.25, -0.2) is 17.9 Å². The minimum Gasteiger partial charge on any atom is -0.478 e. The number of sulfonamides is 1. The molecule has 0 saturated carbocycles. The van der Waals surface area contributed by atoms with Crippen LogP contribution in [0.3, 0.4) is 0 Å². The number of carboxylic acid groups (broad SMARTS) is 1. The monoisotopic (exact) mass is 341 g/mol. The second-order valence-electron chi connectivity index (χ2n) is 3.87. The number of hydrogen-bond donors (Lipinski definition) is 3. The number of unbranched alkanes of at least 4 members (excludes halogenated alkanes) is 1. The van der Waals surface area contributed by atoms with Crippen molar-refractivity contribution in [2.75, 3.05) is 13.2 Å². The highest BCUT2D eigenvalue weighted by molar-refractivity contribution is 7.89. The second-order valence-corrected chi connectivity index (χ2v) is 6.39. The van der Waals surface area contributed by atoms with Crippen molar-refractivity contribution < 1.29 is 23.4 Å². The number of hydrogen-bond acceptors (Lipinski definition) is 4. The summed E-state index contributed by atoms with van der Waals surface area (Å²) in [6.45, 7) is 0.0802. The molecule has 20 heavy (non-hydrogen) atoms. The summed E-state index contributed by atoms with van der Waals surface area (Å²) in [5.74, 6) is -1.41. The van der Waals surface area contributed by atoms with E-state index >= 15 is 0 Å². The van der Waals surface area contributed by atoms with Crippen molar-refractivity contribution in [2.24, 2.45) is 0 Å². The molecule has 1 aromatic rings. The Kier molecular flexibility index (Phi) is 6.22. The van der Waals surface area contributed by atoms with Crippen molar-refractivity contribution in [3.05, 3.63) is 27.7 Å².